The molecule has 3 rings (SSSR count). The first-order valence-electron chi connectivity index (χ1n) is 8.88. The van der Waals surface area contributed by atoms with Crippen LogP contribution in [0.1, 0.15) is 35.7 Å². The number of Topliss-reactive ketones (excluding diaryl/α,β-unsaturated/α-hetero) is 1. The van der Waals surface area contributed by atoms with E-state index in [1.54, 1.807) is 7.11 Å². The molecule has 0 saturated carbocycles. The Bertz CT molecular complexity index is 714. The highest BCUT2D eigenvalue weighted by molar-refractivity contribution is 15.0. The Balaban J connectivity index is 0.00000126. The lowest BCUT2D eigenvalue weighted by Crippen LogP contribution is -2.48. The van der Waals surface area contributed by atoms with Crippen molar-refractivity contribution in [3.8, 4) is 5.75 Å². The van der Waals surface area contributed by atoms with Crippen molar-refractivity contribution in [2.45, 2.75) is 31.4 Å². The number of nitrogens with zero attached hydrogens (tertiary/aromatic N) is 1. The Morgan fingerprint density at radius 1 is 1.07 bits per heavy atom. The van der Waals surface area contributed by atoms with Crippen LogP contribution in [0.5, 0.6) is 5.75 Å². The summed E-state index contributed by atoms with van der Waals surface area (Å²) in [6, 6.07) is 16.8. The fraction of sp³-hybridized carbons (Fsp3) is 0.381. The Morgan fingerprint density at radius 2 is 1.63 bits per heavy atom. The molecule has 0 spiro atoms. The lowest BCUT2D eigenvalue weighted by Gasteiger charge is -2.40. The Labute approximate surface area is 184 Å². The highest BCUT2D eigenvalue weighted by atomic mass is 128. The third-order valence-electron chi connectivity index (χ3n) is 5.24. The monoisotopic (exact) mass is 593 g/mol. The quantitative estimate of drug-likeness (QED) is 0.391. The molecule has 0 bridgehead atoms. The first-order chi connectivity index (χ1) is 13.0. The van der Waals surface area contributed by atoms with Crippen LogP contribution in [0.25, 0.3) is 0 Å². The summed E-state index contributed by atoms with van der Waals surface area (Å²) in [7, 11) is 1.61. The molecule has 0 radical (unpaired) electrons. The first-order valence-corrected chi connectivity index (χ1v) is 15.2. The van der Waals surface area contributed by atoms with E-state index in [-0.39, 0.29) is 11.8 Å². The van der Waals surface area contributed by atoms with Gasteiger partial charge in [0.2, 0.25) is 0 Å². The molecule has 1 N–H and O–H groups in total. The Hall–Kier alpha value is -0.710. The van der Waals surface area contributed by atoms with Gasteiger partial charge in [0, 0.05) is 55.9 Å². The summed E-state index contributed by atoms with van der Waals surface area (Å²) in [5.74, 6) is 0.850. The molecule has 1 aliphatic rings. The van der Waals surface area contributed by atoms with E-state index in [1.807, 2.05) is 61.5 Å². The lowest BCUT2D eigenvalue weighted by atomic mass is 9.84. The summed E-state index contributed by atoms with van der Waals surface area (Å²) >= 11 is 4.24. The number of hydrogen-bond donors (Lipinski definition) is 1. The fourth-order valence-electron chi connectivity index (χ4n) is 3.48. The van der Waals surface area contributed by atoms with Gasteiger partial charge in [0.15, 0.2) is 5.78 Å². The van der Waals surface area contributed by atoms with Crippen LogP contribution in [0.4, 0.5) is 0 Å². The lowest BCUT2D eigenvalue weighted by molar-refractivity contribution is -0.0318. The van der Waals surface area contributed by atoms with Crippen LogP contribution < -0.4 is 4.74 Å². The number of benzene rings is 2. The second-order valence-electron chi connectivity index (χ2n) is 6.70. The molecule has 1 saturated heterocycles. The number of rotatable bonds is 5. The number of carbonyl (C=O) groups is 1. The number of carbonyl (C=O) groups excluding carboxylic acids is 1. The second kappa shape index (κ2) is 10.7. The van der Waals surface area contributed by atoms with E-state index >= 15 is 0 Å². The zero-order valence-corrected chi connectivity index (χ0v) is 19.9. The molecule has 0 aliphatic carbocycles. The van der Waals surface area contributed by atoms with Crippen LogP contribution in [-0.4, -0.2) is 42.0 Å². The number of ether oxygens (including phenoxy) is 1. The minimum Gasteiger partial charge on any atom is -0.497 e. The predicted octanol–water partition coefficient (Wildman–Crippen LogP) is 5.02. The molecule has 2 aromatic carbocycles. The van der Waals surface area contributed by atoms with Crippen molar-refractivity contribution < 1.29 is 14.6 Å². The van der Waals surface area contributed by atoms with Crippen LogP contribution in [0.2, 0.25) is 0 Å². The van der Waals surface area contributed by atoms with Crippen LogP contribution in [-0.2, 0) is 5.60 Å². The van der Waals surface area contributed by atoms with Crippen molar-refractivity contribution in [2.75, 3.05) is 20.2 Å². The minimum absolute atomic E-state index is 0.104. The predicted molar refractivity (Wildman–Crippen MR) is 126 cm³/mol. The zero-order valence-electron chi connectivity index (χ0n) is 15.6. The summed E-state index contributed by atoms with van der Waals surface area (Å²) in [4.78, 5) is 14.9. The van der Waals surface area contributed by atoms with Gasteiger partial charge in [0.1, 0.15) is 5.75 Å². The number of ketones is 1. The maximum atomic E-state index is 12.7. The van der Waals surface area contributed by atoms with E-state index < -0.39 is 5.60 Å². The number of piperidine rings is 1. The zero-order chi connectivity index (χ0) is 19.9. The molecule has 0 aromatic heterocycles. The molecule has 1 fully saturated rings. The van der Waals surface area contributed by atoms with Gasteiger partial charge in [-0.1, -0.05) is 30.3 Å². The summed E-state index contributed by atoms with van der Waals surface area (Å²) < 4.78 is 5.14. The van der Waals surface area contributed by atoms with Crippen molar-refractivity contribution >= 4 is 43.0 Å². The average molecular weight is 593 g/mol. The largest absolute Gasteiger partial charge is 0.497 e. The Morgan fingerprint density at radius 3 is 2.15 bits per heavy atom. The van der Waals surface area contributed by atoms with Crippen LogP contribution >= 0.6 is 37.2 Å². The van der Waals surface area contributed by atoms with E-state index in [9.17, 15) is 9.90 Å². The van der Waals surface area contributed by atoms with Gasteiger partial charge >= 0.3 is 0 Å². The van der Waals surface area contributed by atoms with Gasteiger partial charge in [0.05, 0.1) is 18.8 Å². The van der Waals surface area contributed by atoms with Gasteiger partial charge in [-0.2, -0.15) is 0 Å². The second-order valence-corrected chi connectivity index (χ2v) is 6.70. The third kappa shape index (κ3) is 5.65. The van der Waals surface area contributed by atoms with Gasteiger partial charge in [-0.3, -0.25) is 9.69 Å². The van der Waals surface area contributed by atoms with Crippen molar-refractivity contribution in [3.05, 3.63) is 65.7 Å². The van der Waals surface area contributed by atoms with Crippen LogP contribution in [0.15, 0.2) is 54.6 Å². The standard InChI is InChI=1S/C21H25NO3.I2/c1-16(20(23)17-8-10-19(25-2)11-9-17)22-14-12-21(24,13-15-22)18-6-4-3-5-7-18;1-2/h3-11,16,24H,12-15H2,1-2H3;/t16-;/m0./s1. The van der Waals surface area contributed by atoms with Gasteiger partial charge in [-0.25, -0.2) is 0 Å². The molecule has 2 aromatic rings. The molecule has 1 heterocycles. The van der Waals surface area contributed by atoms with Gasteiger partial charge < -0.3 is 9.84 Å². The molecule has 4 nitrogen and oxygen atoms in total. The molecule has 0 amide bonds. The highest BCUT2D eigenvalue weighted by Crippen LogP contribution is 2.33. The average Bonchev–Trinajstić information content (AvgIpc) is 2.75. The van der Waals surface area contributed by atoms with E-state index in [4.69, 9.17) is 4.74 Å². The molecular formula is C21H25I2NO3. The normalized spacial score (nSPS) is 17.4. The van der Waals surface area contributed by atoms with E-state index in [0.29, 0.717) is 31.5 Å². The Kier molecular flexibility index (Phi) is 8.97. The van der Waals surface area contributed by atoms with Gasteiger partial charge in [-0.15, -0.1) is 0 Å². The maximum absolute atomic E-state index is 12.7. The van der Waals surface area contributed by atoms with E-state index in [0.717, 1.165) is 11.3 Å². The third-order valence-corrected chi connectivity index (χ3v) is 5.24. The van der Waals surface area contributed by atoms with E-state index in [1.165, 1.54) is 0 Å². The topological polar surface area (TPSA) is 49.8 Å². The van der Waals surface area contributed by atoms with Crippen LogP contribution in [0, 0.1) is 0 Å². The van der Waals surface area contributed by atoms with Gasteiger partial charge in [-0.05, 0) is 49.6 Å². The van der Waals surface area contributed by atoms with Crippen LogP contribution in [0.3, 0.4) is 0 Å². The molecule has 1 atom stereocenters. The number of methoxy groups -OCH3 is 1. The minimum atomic E-state index is -0.791. The number of halogens is 2. The summed E-state index contributed by atoms with van der Waals surface area (Å²) in [6.07, 6.45) is 1.27. The number of aliphatic hydroxyl groups is 1. The number of likely N-dealkylation sites (tertiary alicyclic amines) is 1. The molecular weight excluding hydrogens is 568 g/mol. The molecule has 6 heteroatoms. The highest BCUT2D eigenvalue weighted by Gasteiger charge is 2.36. The summed E-state index contributed by atoms with van der Waals surface area (Å²) in [6.45, 7) is 3.35. The molecule has 0 unspecified atom stereocenters. The summed E-state index contributed by atoms with van der Waals surface area (Å²) in [5, 5.41) is 10.9. The first kappa shape index (κ1) is 22.6. The van der Waals surface area contributed by atoms with Crippen molar-refractivity contribution in [2.24, 2.45) is 0 Å². The van der Waals surface area contributed by atoms with Gasteiger partial charge in [0.25, 0.3) is 0 Å². The molecule has 1 aliphatic heterocycles. The number of hydrogen-bond acceptors (Lipinski definition) is 4. The van der Waals surface area contributed by atoms with E-state index in [2.05, 4.69) is 42.1 Å². The van der Waals surface area contributed by atoms with Crippen molar-refractivity contribution in [1.29, 1.82) is 0 Å². The van der Waals surface area contributed by atoms with Crippen molar-refractivity contribution in [1.82, 2.24) is 4.90 Å². The van der Waals surface area contributed by atoms with Crippen molar-refractivity contribution in [3.63, 3.8) is 0 Å². The SMILES string of the molecule is COc1ccc(C(=O)[C@H](C)N2CCC(O)(c3ccccc3)CC2)cc1.II. The maximum Gasteiger partial charge on any atom is 0.179 e. The molecule has 146 valence electrons. The smallest absolute Gasteiger partial charge is 0.179 e. The molecule has 27 heavy (non-hydrogen) atoms. The summed E-state index contributed by atoms with van der Waals surface area (Å²) in [5.41, 5.74) is 0.863. The fourth-order valence-corrected chi connectivity index (χ4v) is 3.48.